The molecule has 0 aliphatic carbocycles. The molecule has 0 saturated carbocycles. The average Bonchev–Trinajstić information content (AvgIpc) is 3.23. The number of carbonyl (C=O) groups is 1. The Morgan fingerprint density at radius 2 is 1.70 bits per heavy atom. The van der Waals surface area contributed by atoms with Crippen LogP contribution < -0.4 is 10.0 Å². The van der Waals surface area contributed by atoms with Gasteiger partial charge >= 0.3 is 0 Å². The fourth-order valence-corrected chi connectivity index (χ4v) is 5.35. The van der Waals surface area contributed by atoms with Crippen molar-refractivity contribution in [3.8, 4) is 0 Å². The summed E-state index contributed by atoms with van der Waals surface area (Å²) in [6, 6.07) is 8.96. The van der Waals surface area contributed by atoms with Gasteiger partial charge < -0.3 is 10.1 Å². The van der Waals surface area contributed by atoms with Crippen molar-refractivity contribution in [3.05, 3.63) is 63.7 Å². The first kappa shape index (κ1) is 22.5. The lowest BCUT2D eigenvalue weighted by atomic mass is 10.0. The first-order chi connectivity index (χ1) is 14.2. The van der Waals surface area contributed by atoms with E-state index in [1.165, 1.54) is 0 Å². The van der Waals surface area contributed by atoms with Crippen molar-refractivity contribution in [1.29, 1.82) is 0 Å². The van der Waals surface area contributed by atoms with Crippen molar-refractivity contribution >= 4 is 15.9 Å². The third-order valence-corrected chi connectivity index (χ3v) is 7.44. The Bertz CT molecular complexity index is 998. The molecule has 2 aromatic carbocycles. The molecule has 7 heteroatoms. The minimum absolute atomic E-state index is 0.0970. The molecule has 30 heavy (non-hydrogen) atoms. The van der Waals surface area contributed by atoms with Gasteiger partial charge in [0.05, 0.1) is 11.0 Å². The zero-order valence-electron chi connectivity index (χ0n) is 18.0. The van der Waals surface area contributed by atoms with Gasteiger partial charge in [0, 0.05) is 25.3 Å². The van der Waals surface area contributed by atoms with Crippen molar-refractivity contribution in [2.24, 2.45) is 0 Å². The zero-order valence-corrected chi connectivity index (χ0v) is 18.9. The summed E-state index contributed by atoms with van der Waals surface area (Å²) in [5, 5.41) is 2.89. The molecule has 1 aliphatic heterocycles. The number of nitrogens with one attached hydrogen (secondary N) is 2. The van der Waals surface area contributed by atoms with Crippen LogP contribution in [0.2, 0.25) is 0 Å². The second kappa shape index (κ2) is 9.29. The Morgan fingerprint density at radius 3 is 2.27 bits per heavy atom. The van der Waals surface area contributed by atoms with Crippen LogP contribution >= 0.6 is 0 Å². The molecule has 3 rings (SSSR count). The number of benzene rings is 2. The zero-order chi connectivity index (χ0) is 21.9. The average molecular weight is 431 g/mol. The van der Waals surface area contributed by atoms with Crippen LogP contribution in [0, 0.1) is 27.7 Å². The maximum atomic E-state index is 13.0. The summed E-state index contributed by atoms with van der Waals surface area (Å²) in [7, 11) is -3.65. The number of carbonyl (C=O) groups excluding carboxylic acids is 1. The van der Waals surface area contributed by atoms with Gasteiger partial charge in [-0.25, -0.2) is 13.1 Å². The lowest BCUT2D eigenvalue weighted by molar-refractivity contribution is 0.0858. The van der Waals surface area contributed by atoms with E-state index in [1.54, 1.807) is 24.3 Å². The Hall–Kier alpha value is -2.22. The van der Waals surface area contributed by atoms with Crippen LogP contribution in [0.15, 0.2) is 35.2 Å². The molecule has 0 spiro atoms. The van der Waals surface area contributed by atoms with E-state index < -0.39 is 10.0 Å². The molecular weight excluding hydrogens is 400 g/mol. The summed E-state index contributed by atoms with van der Waals surface area (Å²) in [6.45, 7) is 8.93. The lowest BCUT2D eigenvalue weighted by Crippen LogP contribution is -2.31. The molecule has 0 radical (unpaired) electrons. The second-order valence-corrected chi connectivity index (χ2v) is 9.66. The molecule has 0 aromatic heterocycles. The van der Waals surface area contributed by atoms with Gasteiger partial charge in [0.1, 0.15) is 0 Å². The molecule has 1 heterocycles. The molecule has 1 aliphatic rings. The van der Waals surface area contributed by atoms with Crippen LogP contribution in [0.1, 0.15) is 51.0 Å². The van der Waals surface area contributed by atoms with E-state index in [-0.39, 0.29) is 18.6 Å². The van der Waals surface area contributed by atoms with Crippen molar-refractivity contribution in [1.82, 2.24) is 10.0 Å². The molecule has 1 fully saturated rings. The van der Waals surface area contributed by atoms with Gasteiger partial charge in [-0.3, -0.25) is 4.79 Å². The van der Waals surface area contributed by atoms with Gasteiger partial charge in [0.2, 0.25) is 10.0 Å². The molecule has 6 nitrogen and oxygen atoms in total. The van der Waals surface area contributed by atoms with E-state index in [1.807, 2.05) is 33.8 Å². The van der Waals surface area contributed by atoms with Crippen LogP contribution in [0.5, 0.6) is 0 Å². The number of hydrogen-bond acceptors (Lipinski definition) is 4. The predicted octanol–water partition coefficient (Wildman–Crippen LogP) is 3.31. The number of rotatable bonds is 7. The van der Waals surface area contributed by atoms with Gasteiger partial charge in [-0.15, -0.1) is 0 Å². The molecular formula is C23H30N2O4S. The van der Waals surface area contributed by atoms with Crippen LogP contribution in [-0.2, 0) is 21.3 Å². The molecule has 1 atom stereocenters. The van der Waals surface area contributed by atoms with Gasteiger partial charge in [0.25, 0.3) is 5.91 Å². The minimum atomic E-state index is -3.65. The summed E-state index contributed by atoms with van der Waals surface area (Å²) in [5.41, 5.74) is 4.77. The van der Waals surface area contributed by atoms with Crippen molar-refractivity contribution in [2.75, 3.05) is 13.2 Å². The van der Waals surface area contributed by atoms with E-state index in [9.17, 15) is 13.2 Å². The Balaban J connectivity index is 1.64. The van der Waals surface area contributed by atoms with E-state index in [4.69, 9.17) is 4.74 Å². The van der Waals surface area contributed by atoms with Crippen molar-refractivity contribution in [2.45, 2.75) is 58.1 Å². The number of ether oxygens (including phenoxy) is 1. The van der Waals surface area contributed by atoms with Crippen LogP contribution in [0.25, 0.3) is 0 Å². The summed E-state index contributed by atoms with van der Waals surface area (Å²) in [5.74, 6) is -0.154. The van der Waals surface area contributed by atoms with E-state index >= 15 is 0 Å². The summed E-state index contributed by atoms with van der Waals surface area (Å²) >= 11 is 0. The third kappa shape index (κ3) is 5.09. The standard InChI is InChI=1S/C23H30N2O4S/c1-15-12-16(2)18(4)22(17(15)3)30(27,28)25-13-19-7-9-20(10-8-19)23(26)24-14-21-6-5-11-29-21/h7-10,12,21,25H,5-6,11,13-14H2,1-4H3,(H,24,26)/t21-/m1/s1. The first-order valence-corrected chi connectivity index (χ1v) is 11.7. The number of sulfonamides is 1. The second-order valence-electron chi connectivity index (χ2n) is 7.96. The summed E-state index contributed by atoms with van der Waals surface area (Å²) in [4.78, 5) is 12.6. The maximum absolute atomic E-state index is 13.0. The van der Waals surface area contributed by atoms with Gasteiger partial charge in [-0.05, 0) is 80.5 Å². The maximum Gasteiger partial charge on any atom is 0.251 e. The lowest BCUT2D eigenvalue weighted by Gasteiger charge is -2.16. The van der Waals surface area contributed by atoms with Gasteiger partial charge in [0.15, 0.2) is 0 Å². The third-order valence-electron chi connectivity index (χ3n) is 5.76. The molecule has 0 unspecified atom stereocenters. The molecule has 1 amide bonds. The fourth-order valence-electron chi connectivity index (χ4n) is 3.72. The summed E-state index contributed by atoms with van der Waals surface area (Å²) < 4.78 is 34.1. The highest BCUT2D eigenvalue weighted by Crippen LogP contribution is 2.26. The quantitative estimate of drug-likeness (QED) is 0.706. The molecule has 0 bridgehead atoms. The van der Waals surface area contributed by atoms with E-state index in [0.717, 1.165) is 47.3 Å². The molecule has 2 aromatic rings. The monoisotopic (exact) mass is 430 g/mol. The SMILES string of the molecule is Cc1cc(C)c(C)c(S(=O)(=O)NCc2ccc(C(=O)NC[C@H]3CCCO3)cc2)c1C. The first-order valence-electron chi connectivity index (χ1n) is 10.2. The van der Waals surface area contributed by atoms with Crippen LogP contribution in [0.4, 0.5) is 0 Å². The largest absolute Gasteiger partial charge is 0.376 e. The molecule has 162 valence electrons. The Kier molecular flexibility index (Phi) is 6.95. The normalized spacial score (nSPS) is 16.6. The van der Waals surface area contributed by atoms with Crippen LogP contribution in [-0.4, -0.2) is 33.6 Å². The summed E-state index contributed by atoms with van der Waals surface area (Å²) in [6.07, 6.45) is 2.10. The number of aryl methyl sites for hydroxylation is 2. The van der Waals surface area contributed by atoms with Crippen molar-refractivity contribution in [3.63, 3.8) is 0 Å². The van der Waals surface area contributed by atoms with E-state index in [0.29, 0.717) is 17.0 Å². The number of hydrogen-bond donors (Lipinski definition) is 2. The van der Waals surface area contributed by atoms with Crippen LogP contribution in [0.3, 0.4) is 0 Å². The topological polar surface area (TPSA) is 84.5 Å². The highest BCUT2D eigenvalue weighted by molar-refractivity contribution is 7.89. The minimum Gasteiger partial charge on any atom is -0.376 e. The molecule has 2 N–H and O–H groups in total. The molecule has 1 saturated heterocycles. The van der Waals surface area contributed by atoms with E-state index in [2.05, 4.69) is 10.0 Å². The Labute approximate surface area is 179 Å². The van der Waals surface area contributed by atoms with Gasteiger partial charge in [-0.2, -0.15) is 0 Å². The Morgan fingerprint density at radius 1 is 1.07 bits per heavy atom. The predicted molar refractivity (Wildman–Crippen MR) is 117 cm³/mol. The highest BCUT2D eigenvalue weighted by atomic mass is 32.2. The smallest absolute Gasteiger partial charge is 0.251 e. The number of amides is 1. The van der Waals surface area contributed by atoms with Crippen molar-refractivity contribution < 1.29 is 17.9 Å². The fraction of sp³-hybridized carbons (Fsp3) is 0.435. The van der Waals surface area contributed by atoms with Gasteiger partial charge in [-0.1, -0.05) is 18.2 Å². The highest BCUT2D eigenvalue weighted by Gasteiger charge is 2.22.